The van der Waals surface area contributed by atoms with E-state index in [1.54, 1.807) is 36.3 Å². The topological polar surface area (TPSA) is 79.3 Å². The zero-order chi connectivity index (χ0) is 26.2. The first-order valence-corrected chi connectivity index (χ1v) is 12.7. The first-order chi connectivity index (χ1) is 17.4. The molecule has 1 atom stereocenters. The molecule has 1 saturated heterocycles. The predicted molar refractivity (Wildman–Crippen MR) is 141 cm³/mol. The van der Waals surface area contributed by atoms with Crippen LogP contribution < -0.4 is 9.47 Å². The second-order valence-corrected chi connectivity index (χ2v) is 9.00. The highest BCUT2D eigenvalue weighted by atomic mass is 16.5. The van der Waals surface area contributed by atoms with Crippen molar-refractivity contribution in [2.75, 3.05) is 39.9 Å². The molecule has 3 rings (SSSR count). The maximum Gasteiger partial charge on any atom is 0.295 e. The number of methoxy groups -OCH3 is 1. The van der Waals surface area contributed by atoms with Gasteiger partial charge in [-0.3, -0.25) is 9.59 Å². The molecule has 0 aliphatic carbocycles. The molecule has 0 aromatic heterocycles. The van der Waals surface area contributed by atoms with E-state index in [0.29, 0.717) is 42.3 Å². The fraction of sp³-hybridized carbons (Fsp3) is 0.448. The number of hydrogen-bond acceptors (Lipinski definition) is 6. The monoisotopic (exact) mass is 494 g/mol. The number of carbonyl (C=O) groups is 2. The number of hydrogen-bond donors (Lipinski definition) is 1. The van der Waals surface area contributed by atoms with E-state index in [4.69, 9.17) is 9.47 Å². The number of unbranched alkanes of at least 4 members (excludes halogenated alkanes) is 1. The standard InChI is InChI=1S/C29H38N2O5/c1-6-9-18-36-23-15-14-22(19-24(23)35-5)26-25(27(32)21-12-10-20(4)11-13-21)28(33)29(34)31(26)17-16-30(7-2)8-3/h10-15,19,26,32H,6-9,16-18H2,1-5H3/b27-25+. The molecule has 1 aliphatic heterocycles. The Hall–Kier alpha value is -3.32. The fourth-order valence-corrected chi connectivity index (χ4v) is 4.41. The van der Waals surface area contributed by atoms with Gasteiger partial charge in [0.1, 0.15) is 5.76 Å². The van der Waals surface area contributed by atoms with Gasteiger partial charge < -0.3 is 24.4 Å². The highest BCUT2D eigenvalue weighted by molar-refractivity contribution is 6.46. The van der Waals surface area contributed by atoms with Crippen molar-refractivity contribution in [3.05, 3.63) is 64.7 Å². The van der Waals surface area contributed by atoms with Gasteiger partial charge in [-0.1, -0.05) is 63.1 Å². The second kappa shape index (κ2) is 12.6. The molecule has 1 heterocycles. The minimum Gasteiger partial charge on any atom is -0.507 e. The summed E-state index contributed by atoms with van der Waals surface area (Å²) >= 11 is 0. The summed E-state index contributed by atoms with van der Waals surface area (Å²) in [5.41, 5.74) is 2.30. The van der Waals surface area contributed by atoms with E-state index in [1.807, 2.05) is 25.1 Å². The van der Waals surface area contributed by atoms with Crippen molar-refractivity contribution in [3.63, 3.8) is 0 Å². The van der Waals surface area contributed by atoms with Gasteiger partial charge in [-0.05, 0) is 44.1 Å². The first kappa shape index (κ1) is 27.3. The zero-order valence-electron chi connectivity index (χ0n) is 22.0. The molecule has 7 nitrogen and oxygen atoms in total. The maximum atomic E-state index is 13.3. The summed E-state index contributed by atoms with van der Waals surface area (Å²) in [6.45, 7) is 11.4. The van der Waals surface area contributed by atoms with Gasteiger partial charge in [0.2, 0.25) is 0 Å². The van der Waals surface area contributed by atoms with E-state index in [1.165, 1.54) is 0 Å². The molecule has 0 radical (unpaired) electrons. The lowest BCUT2D eigenvalue weighted by atomic mass is 9.94. The van der Waals surface area contributed by atoms with Crippen molar-refractivity contribution in [2.45, 2.75) is 46.6 Å². The molecule has 2 aromatic rings. The van der Waals surface area contributed by atoms with Crippen LogP contribution >= 0.6 is 0 Å². The third-order valence-electron chi connectivity index (χ3n) is 6.68. The maximum absolute atomic E-state index is 13.3. The minimum atomic E-state index is -0.736. The van der Waals surface area contributed by atoms with E-state index in [0.717, 1.165) is 31.5 Å². The van der Waals surface area contributed by atoms with Crippen LogP contribution in [0.2, 0.25) is 0 Å². The number of ether oxygens (including phenoxy) is 2. The van der Waals surface area contributed by atoms with Crippen LogP contribution in [0.1, 0.15) is 56.3 Å². The molecule has 1 aliphatic rings. The van der Waals surface area contributed by atoms with Crippen molar-refractivity contribution in [2.24, 2.45) is 0 Å². The highest BCUT2D eigenvalue weighted by Gasteiger charge is 2.46. The number of rotatable bonds is 12. The van der Waals surface area contributed by atoms with Crippen molar-refractivity contribution in [1.29, 1.82) is 0 Å². The smallest absolute Gasteiger partial charge is 0.295 e. The Balaban J connectivity index is 2.09. The van der Waals surface area contributed by atoms with Gasteiger partial charge in [0.25, 0.3) is 11.7 Å². The van der Waals surface area contributed by atoms with Crippen LogP contribution in [0.4, 0.5) is 0 Å². The van der Waals surface area contributed by atoms with E-state index < -0.39 is 17.7 Å². The number of nitrogens with zero attached hydrogens (tertiary/aromatic N) is 2. The third-order valence-corrected chi connectivity index (χ3v) is 6.68. The first-order valence-electron chi connectivity index (χ1n) is 12.7. The number of aryl methyl sites for hydroxylation is 1. The summed E-state index contributed by atoms with van der Waals surface area (Å²) in [5, 5.41) is 11.3. The molecule has 1 unspecified atom stereocenters. The Labute approximate surface area is 214 Å². The molecule has 1 amide bonds. The van der Waals surface area contributed by atoms with Crippen molar-refractivity contribution in [1.82, 2.24) is 9.80 Å². The van der Waals surface area contributed by atoms with E-state index in [2.05, 4.69) is 25.7 Å². The Kier molecular flexibility index (Phi) is 9.53. The van der Waals surface area contributed by atoms with Crippen LogP contribution in [0, 0.1) is 6.92 Å². The number of likely N-dealkylation sites (tertiary alicyclic amines) is 1. The van der Waals surface area contributed by atoms with Gasteiger partial charge in [-0.15, -0.1) is 0 Å². The van der Waals surface area contributed by atoms with Crippen LogP contribution in [0.15, 0.2) is 48.0 Å². The second-order valence-electron chi connectivity index (χ2n) is 9.00. The van der Waals surface area contributed by atoms with Gasteiger partial charge in [0.15, 0.2) is 11.5 Å². The molecule has 1 N–H and O–H groups in total. The molecule has 0 saturated carbocycles. The summed E-state index contributed by atoms with van der Waals surface area (Å²) in [6.07, 6.45) is 1.94. The van der Waals surface area contributed by atoms with Crippen LogP contribution in [0.3, 0.4) is 0 Å². The van der Waals surface area contributed by atoms with Gasteiger partial charge >= 0.3 is 0 Å². The number of carbonyl (C=O) groups excluding carboxylic acids is 2. The number of aliphatic hydroxyl groups is 1. The number of aliphatic hydroxyl groups excluding tert-OH is 1. The lowest BCUT2D eigenvalue weighted by molar-refractivity contribution is -0.140. The summed E-state index contributed by atoms with van der Waals surface area (Å²) in [7, 11) is 1.56. The van der Waals surface area contributed by atoms with Crippen molar-refractivity contribution >= 4 is 17.4 Å². The van der Waals surface area contributed by atoms with Crippen LogP contribution in [-0.2, 0) is 9.59 Å². The van der Waals surface area contributed by atoms with Crippen molar-refractivity contribution < 1.29 is 24.2 Å². The van der Waals surface area contributed by atoms with E-state index in [9.17, 15) is 14.7 Å². The zero-order valence-corrected chi connectivity index (χ0v) is 22.0. The molecule has 0 bridgehead atoms. The average Bonchev–Trinajstić information content (AvgIpc) is 3.14. The lowest BCUT2D eigenvalue weighted by Gasteiger charge is -2.28. The van der Waals surface area contributed by atoms with Crippen LogP contribution in [0.25, 0.3) is 5.76 Å². The number of likely N-dealkylation sites (N-methyl/N-ethyl adjacent to an activating group) is 1. The Bertz CT molecular complexity index is 1090. The lowest BCUT2D eigenvalue weighted by Crippen LogP contribution is -2.38. The predicted octanol–water partition coefficient (Wildman–Crippen LogP) is 4.95. The normalized spacial score (nSPS) is 17.2. The molecule has 36 heavy (non-hydrogen) atoms. The van der Waals surface area contributed by atoms with E-state index in [-0.39, 0.29) is 11.3 Å². The Morgan fingerprint density at radius 1 is 1.03 bits per heavy atom. The third kappa shape index (κ3) is 5.90. The minimum absolute atomic E-state index is 0.0881. The van der Waals surface area contributed by atoms with Gasteiger partial charge in [-0.2, -0.15) is 0 Å². The fourth-order valence-electron chi connectivity index (χ4n) is 4.41. The molecule has 1 fully saturated rings. The van der Waals surface area contributed by atoms with Crippen LogP contribution in [-0.4, -0.2) is 66.5 Å². The number of amides is 1. The molecule has 7 heteroatoms. The summed E-state index contributed by atoms with van der Waals surface area (Å²) in [4.78, 5) is 30.3. The van der Waals surface area contributed by atoms with Gasteiger partial charge in [-0.25, -0.2) is 0 Å². The van der Waals surface area contributed by atoms with Crippen molar-refractivity contribution in [3.8, 4) is 11.5 Å². The number of ketones is 1. The largest absolute Gasteiger partial charge is 0.507 e. The summed E-state index contributed by atoms with van der Waals surface area (Å²) in [5.74, 6) is -0.338. The SMILES string of the molecule is CCCCOc1ccc(C2/C(=C(\O)c3ccc(C)cc3)C(=O)C(=O)N2CCN(CC)CC)cc1OC. The quantitative estimate of drug-likeness (QED) is 0.195. The number of Topliss-reactive ketones (excluding diaryl/α,β-unsaturated/α-hetero) is 1. The van der Waals surface area contributed by atoms with E-state index >= 15 is 0 Å². The highest BCUT2D eigenvalue weighted by Crippen LogP contribution is 2.42. The molecule has 194 valence electrons. The average molecular weight is 495 g/mol. The Morgan fingerprint density at radius 3 is 2.33 bits per heavy atom. The Morgan fingerprint density at radius 2 is 1.72 bits per heavy atom. The van der Waals surface area contributed by atoms with Gasteiger partial charge in [0.05, 0.1) is 25.3 Å². The molecular formula is C29H38N2O5. The summed E-state index contributed by atoms with van der Waals surface area (Å²) < 4.78 is 11.5. The van der Waals surface area contributed by atoms with Crippen LogP contribution in [0.5, 0.6) is 11.5 Å². The number of benzene rings is 2. The summed E-state index contributed by atoms with van der Waals surface area (Å²) in [6, 6.07) is 12.0. The van der Waals surface area contributed by atoms with Gasteiger partial charge in [0, 0.05) is 18.7 Å². The molecular weight excluding hydrogens is 456 g/mol. The molecule has 2 aromatic carbocycles. The molecule has 0 spiro atoms.